The molecule has 100 valence electrons. The molecule has 0 spiro atoms. The molecule has 0 aliphatic rings. The minimum Gasteiger partial charge on any atom is -0.496 e. The highest BCUT2D eigenvalue weighted by molar-refractivity contribution is 5.46. The minimum absolute atomic E-state index is 0.328. The highest BCUT2D eigenvalue weighted by Gasteiger charge is 2.21. The Balaban J connectivity index is 2.52. The lowest BCUT2D eigenvalue weighted by molar-refractivity contribution is 0.395. The molecule has 2 rings (SSSR count). The van der Waals surface area contributed by atoms with Gasteiger partial charge in [-0.3, -0.25) is 0 Å². The van der Waals surface area contributed by atoms with E-state index in [0.717, 1.165) is 0 Å². The van der Waals surface area contributed by atoms with E-state index in [0.29, 0.717) is 22.6 Å². The molecule has 2 aromatic carbocycles. The van der Waals surface area contributed by atoms with E-state index in [2.05, 4.69) is 0 Å². The number of hydrogen-bond acceptors (Lipinski definition) is 3. The van der Waals surface area contributed by atoms with E-state index in [4.69, 9.17) is 15.2 Å². The van der Waals surface area contributed by atoms with Gasteiger partial charge in [-0.25, -0.2) is 4.39 Å². The number of hydrogen-bond donors (Lipinski definition) is 1. The van der Waals surface area contributed by atoms with Gasteiger partial charge in [-0.05, 0) is 18.2 Å². The Hall–Kier alpha value is -2.07. The summed E-state index contributed by atoms with van der Waals surface area (Å²) in [6.07, 6.45) is 0. The molecule has 3 nitrogen and oxygen atoms in total. The second kappa shape index (κ2) is 5.71. The first-order valence-corrected chi connectivity index (χ1v) is 5.90. The number of ether oxygens (including phenoxy) is 2. The molecule has 0 bridgehead atoms. The van der Waals surface area contributed by atoms with Gasteiger partial charge in [0.2, 0.25) is 0 Å². The minimum atomic E-state index is -0.646. The van der Waals surface area contributed by atoms with Crippen molar-refractivity contribution in [3.8, 4) is 11.5 Å². The standard InChI is InChI=1S/C15H16FNO2/c1-18-12-8-4-3-6-10(12)15(17)14-11(16)7-5-9-13(14)19-2/h3-9,15H,17H2,1-2H3. The molecule has 0 amide bonds. The zero-order valence-electron chi connectivity index (χ0n) is 10.9. The van der Waals surface area contributed by atoms with Crippen LogP contribution in [0, 0.1) is 5.82 Å². The first-order chi connectivity index (χ1) is 9.19. The van der Waals surface area contributed by atoms with Crippen molar-refractivity contribution >= 4 is 0 Å². The van der Waals surface area contributed by atoms with Crippen molar-refractivity contribution < 1.29 is 13.9 Å². The van der Waals surface area contributed by atoms with Crippen LogP contribution in [0.3, 0.4) is 0 Å². The third-order valence-electron chi connectivity index (χ3n) is 3.02. The number of nitrogens with two attached hydrogens (primary N) is 1. The lowest BCUT2D eigenvalue weighted by atomic mass is 9.97. The molecule has 0 aromatic heterocycles. The molecule has 0 aliphatic carbocycles. The van der Waals surface area contributed by atoms with Crippen LogP contribution in [0.1, 0.15) is 17.2 Å². The van der Waals surface area contributed by atoms with Crippen LogP contribution in [0.5, 0.6) is 11.5 Å². The van der Waals surface area contributed by atoms with Crippen molar-refractivity contribution in [3.05, 3.63) is 59.4 Å². The van der Waals surface area contributed by atoms with E-state index in [9.17, 15) is 4.39 Å². The SMILES string of the molecule is COc1ccccc1C(N)c1c(F)cccc1OC. The van der Waals surface area contributed by atoms with Crippen molar-refractivity contribution in [3.63, 3.8) is 0 Å². The van der Waals surface area contributed by atoms with Gasteiger partial charge in [-0.2, -0.15) is 0 Å². The smallest absolute Gasteiger partial charge is 0.132 e. The Morgan fingerprint density at radius 3 is 2.26 bits per heavy atom. The van der Waals surface area contributed by atoms with E-state index in [1.165, 1.54) is 13.2 Å². The topological polar surface area (TPSA) is 44.5 Å². The third-order valence-corrected chi connectivity index (χ3v) is 3.02. The molecule has 1 atom stereocenters. The van der Waals surface area contributed by atoms with Gasteiger partial charge in [0.25, 0.3) is 0 Å². The average molecular weight is 261 g/mol. The van der Waals surface area contributed by atoms with Gasteiger partial charge in [0.05, 0.1) is 25.8 Å². The van der Waals surface area contributed by atoms with Crippen molar-refractivity contribution in [1.29, 1.82) is 0 Å². The van der Waals surface area contributed by atoms with Crippen molar-refractivity contribution in [2.75, 3.05) is 14.2 Å². The lowest BCUT2D eigenvalue weighted by Crippen LogP contribution is -2.16. The van der Waals surface area contributed by atoms with Gasteiger partial charge < -0.3 is 15.2 Å². The zero-order valence-corrected chi connectivity index (χ0v) is 10.9. The Bertz CT molecular complexity index is 572. The predicted octanol–water partition coefficient (Wildman–Crippen LogP) is 2.89. The maximum absolute atomic E-state index is 14.0. The first-order valence-electron chi connectivity index (χ1n) is 5.90. The van der Waals surface area contributed by atoms with Gasteiger partial charge in [0, 0.05) is 5.56 Å². The molecular weight excluding hydrogens is 245 g/mol. The van der Waals surface area contributed by atoms with E-state index in [1.807, 2.05) is 18.2 Å². The summed E-state index contributed by atoms with van der Waals surface area (Å²) in [5.74, 6) is 0.663. The van der Waals surface area contributed by atoms with Crippen LogP contribution in [0.25, 0.3) is 0 Å². The number of halogens is 1. The fraction of sp³-hybridized carbons (Fsp3) is 0.200. The molecule has 0 radical (unpaired) electrons. The van der Waals surface area contributed by atoms with Gasteiger partial charge in [-0.15, -0.1) is 0 Å². The summed E-state index contributed by atoms with van der Waals surface area (Å²) in [6.45, 7) is 0. The second-order valence-corrected chi connectivity index (χ2v) is 4.08. The Kier molecular flexibility index (Phi) is 4.02. The van der Waals surface area contributed by atoms with Crippen molar-refractivity contribution in [2.24, 2.45) is 5.73 Å². The molecule has 0 fully saturated rings. The number of benzene rings is 2. The third kappa shape index (κ3) is 2.53. The van der Waals surface area contributed by atoms with Crippen LogP contribution in [0.4, 0.5) is 4.39 Å². The molecule has 1 unspecified atom stereocenters. The van der Waals surface area contributed by atoms with Gasteiger partial charge in [-0.1, -0.05) is 24.3 Å². The summed E-state index contributed by atoms with van der Waals surface area (Å²) in [4.78, 5) is 0. The van der Waals surface area contributed by atoms with Gasteiger partial charge in [0.15, 0.2) is 0 Å². The summed E-state index contributed by atoms with van der Waals surface area (Å²) < 4.78 is 24.4. The monoisotopic (exact) mass is 261 g/mol. The highest BCUT2D eigenvalue weighted by atomic mass is 19.1. The zero-order chi connectivity index (χ0) is 13.8. The predicted molar refractivity (Wildman–Crippen MR) is 72.0 cm³/mol. The summed E-state index contributed by atoms with van der Waals surface area (Å²) >= 11 is 0. The van der Waals surface area contributed by atoms with Crippen molar-refractivity contribution in [1.82, 2.24) is 0 Å². The summed E-state index contributed by atoms with van der Waals surface area (Å²) in [6, 6.07) is 11.3. The van der Waals surface area contributed by atoms with Gasteiger partial charge in [0.1, 0.15) is 17.3 Å². The van der Waals surface area contributed by atoms with E-state index in [1.54, 1.807) is 25.3 Å². The maximum Gasteiger partial charge on any atom is 0.132 e. The first kappa shape index (κ1) is 13.4. The maximum atomic E-state index is 14.0. The van der Waals surface area contributed by atoms with Crippen LogP contribution in [-0.4, -0.2) is 14.2 Å². The van der Waals surface area contributed by atoms with Crippen LogP contribution >= 0.6 is 0 Å². The number of methoxy groups -OCH3 is 2. The second-order valence-electron chi connectivity index (χ2n) is 4.08. The van der Waals surface area contributed by atoms with E-state index < -0.39 is 11.9 Å². The van der Waals surface area contributed by atoms with Crippen LogP contribution < -0.4 is 15.2 Å². The highest BCUT2D eigenvalue weighted by Crippen LogP contribution is 2.34. The largest absolute Gasteiger partial charge is 0.496 e. The summed E-state index contributed by atoms with van der Waals surface area (Å²) in [5.41, 5.74) is 7.21. The molecule has 2 N–H and O–H groups in total. The molecule has 0 aliphatic heterocycles. The summed E-state index contributed by atoms with van der Waals surface area (Å²) in [5, 5.41) is 0. The average Bonchev–Trinajstić information content (AvgIpc) is 2.46. The quantitative estimate of drug-likeness (QED) is 0.920. The fourth-order valence-corrected chi connectivity index (χ4v) is 2.08. The fourth-order valence-electron chi connectivity index (χ4n) is 2.08. The summed E-state index contributed by atoms with van der Waals surface area (Å²) in [7, 11) is 3.05. The number of rotatable bonds is 4. The lowest BCUT2D eigenvalue weighted by Gasteiger charge is -2.19. The van der Waals surface area contributed by atoms with E-state index >= 15 is 0 Å². The van der Waals surface area contributed by atoms with E-state index in [-0.39, 0.29) is 0 Å². The molecular formula is C15H16FNO2. The Morgan fingerprint density at radius 1 is 0.947 bits per heavy atom. The van der Waals surface area contributed by atoms with Gasteiger partial charge >= 0.3 is 0 Å². The molecule has 0 saturated carbocycles. The van der Waals surface area contributed by atoms with Crippen LogP contribution in [-0.2, 0) is 0 Å². The van der Waals surface area contributed by atoms with Crippen LogP contribution in [0.2, 0.25) is 0 Å². The molecule has 4 heteroatoms. The Labute approximate surface area is 111 Å². The normalized spacial score (nSPS) is 12.0. The molecule has 2 aromatic rings. The van der Waals surface area contributed by atoms with Crippen LogP contribution in [0.15, 0.2) is 42.5 Å². The molecule has 0 saturated heterocycles. The number of para-hydroxylation sites is 1. The van der Waals surface area contributed by atoms with Crippen molar-refractivity contribution in [2.45, 2.75) is 6.04 Å². The molecule has 19 heavy (non-hydrogen) atoms. The Morgan fingerprint density at radius 2 is 1.58 bits per heavy atom. The molecule has 0 heterocycles.